The summed E-state index contributed by atoms with van der Waals surface area (Å²) in [5.41, 5.74) is -10.4. The fraction of sp³-hybridized carbons (Fsp3) is 0.429. The smallest absolute Gasteiger partial charge is 0.179 e. The van der Waals surface area contributed by atoms with Gasteiger partial charge in [0, 0.05) is 23.0 Å². The van der Waals surface area contributed by atoms with E-state index in [0.717, 1.165) is 19.9 Å². The van der Waals surface area contributed by atoms with Crippen molar-refractivity contribution in [3.05, 3.63) is 71.3 Å². The Balaban J connectivity index is 2.56. The molecular weight excluding hydrogens is 464 g/mol. The Bertz CT molecular complexity index is 1240. The third kappa shape index (κ3) is 3.07. The molecule has 0 aromatic heterocycles. The van der Waals surface area contributed by atoms with Crippen molar-refractivity contribution >= 4 is 23.1 Å². The molecule has 0 heterocycles. The number of carbonyl (C=O) groups excluding carboxylic acids is 4. The van der Waals surface area contributed by atoms with Crippen LogP contribution in [0.5, 0.6) is 0 Å². The van der Waals surface area contributed by atoms with Crippen LogP contribution >= 0.6 is 0 Å². The number of allylic oxidation sites excluding steroid dienone is 9. The molecular formula is C28H32O8. The summed E-state index contributed by atoms with van der Waals surface area (Å²) >= 11 is 0. The van der Waals surface area contributed by atoms with Crippen LogP contribution in [0, 0.1) is 22.7 Å². The van der Waals surface area contributed by atoms with Gasteiger partial charge in [-0.1, -0.05) is 36.5 Å². The second-order valence-corrected chi connectivity index (χ2v) is 10.1. The van der Waals surface area contributed by atoms with Crippen molar-refractivity contribution in [2.24, 2.45) is 22.7 Å². The predicted molar refractivity (Wildman–Crippen MR) is 132 cm³/mol. The summed E-state index contributed by atoms with van der Waals surface area (Å²) < 4.78 is 0. The third-order valence-electron chi connectivity index (χ3n) is 8.03. The van der Waals surface area contributed by atoms with Gasteiger partial charge in [0.25, 0.3) is 0 Å². The van der Waals surface area contributed by atoms with Gasteiger partial charge in [-0.2, -0.15) is 0 Å². The van der Waals surface area contributed by atoms with E-state index < -0.39 is 74.1 Å². The largest absolute Gasteiger partial charge is 0.509 e. The first kappa shape index (κ1) is 27.2. The Morgan fingerprint density at radius 1 is 0.861 bits per heavy atom. The topological polar surface area (TPSA) is 149 Å². The fourth-order valence-electron chi connectivity index (χ4n) is 6.42. The molecule has 3 saturated carbocycles. The SMILES string of the molecule is CC=CC=CC(=O)C12C(=O)C(C)=C(O)C(C)(O)C1C1C(=C(O)C=CC=CC)C(=O)C2(C)C(=O)C1(C)O. The van der Waals surface area contributed by atoms with Gasteiger partial charge in [-0.05, 0) is 53.7 Å². The highest BCUT2D eigenvalue weighted by Gasteiger charge is 2.85. The van der Waals surface area contributed by atoms with E-state index in [-0.39, 0.29) is 5.57 Å². The summed E-state index contributed by atoms with van der Waals surface area (Å²) in [5, 5.41) is 44.9. The van der Waals surface area contributed by atoms with Gasteiger partial charge in [0.15, 0.2) is 23.1 Å². The molecule has 0 spiro atoms. The lowest BCUT2D eigenvalue weighted by molar-refractivity contribution is -0.222. The summed E-state index contributed by atoms with van der Waals surface area (Å²) in [4.78, 5) is 55.7. The molecule has 4 aliphatic rings. The highest BCUT2D eigenvalue weighted by atomic mass is 16.3. The van der Waals surface area contributed by atoms with Crippen LogP contribution in [0.4, 0.5) is 0 Å². The number of hydrogen-bond acceptors (Lipinski definition) is 8. The van der Waals surface area contributed by atoms with Gasteiger partial charge in [-0.25, -0.2) is 0 Å². The van der Waals surface area contributed by atoms with Crippen LogP contribution in [0.25, 0.3) is 0 Å². The predicted octanol–water partition coefficient (Wildman–Crippen LogP) is 2.94. The zero-order valence-corrected chi connectivity index (χ0v) is 21.2. The number of carbonyl (C=O) groups is 4. The molecule has 8 nitrogen and oxygen atoms in total. The molecule has 4 rings (SSSR count). The van der Waals surface area contributed by atoms with E-state index in [1.807, 2.05) is 0 Å². The van der Waals surface area contributed by atoms with E-state index in [0.29, 0.717) is 0 Å². The van der Waals surface area contributed by atoms with Crippen LogP contribution in [0.1, 0.15) is 41.5 Å². The molecule has 3 fully saturated rings. The minimum Gasteiger partial charge on any atom is -0.509 e. The molecule has 0 amide bonds. The quantitative estimate of drug-likeness (QED) is 0.196. The van der Waals surface area contributed by atoms with Crippen molar-refractivity contribution in [1.82, 2.24) is 0 Å². The Morgan fingerprint density at radius 3 is 1.92 bits per heavy atom. The monoisotopic (exact) mass is 496 g/mol. The first-order valence-electron chi connectivity index (χ1n) is 11.7. The number of rotatable bonds is 5. The maximum Gasteiger partial charge on any atom is 0.179 e. The standard InChI is InChI=1S/C28H32O8/c1-7-9-11-13-16(29)18-19-20-27(6,36)21(31)15(3)22(32)28(20,17(30)14-12-10-8-2)25(4,23(18)33)24(34)26(19,5)35/h7-14,19-20,29,31,35-36H,1-6H3. The van der Waals surface area contributed by atoms with Gasteiger partial charge in [-0.15, -0.1) is 0 Å². The van der Waals surface area contributed by atoms with Crippen LogP contribution in [0.2, 0.25) is 0 Å². The number of fused-ring (bicyclic) bond motifs is 2. The molecule has 0 saturated heterocycles. The number of Topliss-reactive ketones (excluding diaryl/α,β-unsaturated/α-hetero) is 3. The van der Waals surface area contributed by atoms with Crippen LogP contribution in [0.3, 0.4) is 0 Å². The number of ketones is 4. The summed E-state index contributed by atoms with van der Waals surface area (Å²) in [6, 6.07) is 0. The highest BCUT2D eigenvalue weighted by molar-refractivity contribution is 6.33. The van der Waals surface area contributed by atoms with E-state index in [2.05, 4.69) is 0 Å². The van der Waals surface area contributed by atoms with E-state index in [1.54, 1.807) is 32.1 Å². The first-order chi connectivity index (χ1) is 16.6. The zero-order chi connectivity index (χ0) is 27.4. The second kappa shape index (κ2) is 8.64. The molecule has 0 radical (unpaired) electrons. The molecule has 6 unspecified atom stereocenters. The summed E-state index contributed by atoms with van der Waals surface area (Å²) in [7, 11) is 0. The van der Waals surface area contributed by atoms with Crippen LogP contribution in [-0.2, 0) is 19.2 Å². The first-order valence-corrected chi connectivity index (χ1v) is 11.7. The molecule has 0 aliphatic heterocycles. The Labute approximate surface area is 209 Å². The molecule has 6 atom stereocenters. The molecule has 8 heteroatoms. The number of aliphatic hydroxyl groups is 4. The Morgan fingerprint density at radius 2 is 1.39 bits per heavy atom. The Kier molecular flexibility index (Phi) is 6.53. The van der Waals surface area contributed by atoms with Gasteiger partial charge in [-0.3, -0.25) is 19.2 Å². The summed E-state index contributed by atoms with van der Waals surface area (Å²) in [5.74, 6) is -8.63. The van der Waals surface area contributed by atoms with Crippen molar-refractivity contribution in [1.29, 1.82) is 0 Å². The molecule has 0 aromatic rings. The van der Waals surface area contributed by atoms with Crippen molar-refractivity contribution < 1.29 is 39.6 Å². The molecule has 36 heavy (non-hydrogen) atoms. The van der Waals surface area contributed by atoms with E-state index in [1.165, 1.54) is 38.2 Å². The van der Waals surface area contributed by atoms with Gasteiger partial charge < -0.3 is 20.4 Å². The molecule has 192 valence electrons. The molecule has 4 aliphatic carbocycles. The van der Waals surface area contributed by atoms with Crippen LogP contribution in [0.15, 0.2) is 71.3 Å². The van der Waals surface area contributed by atoms with Gasteiger partial charge in [0.1, 0.15) is 33.6 Å². The molecule has 4 N–H and O–H groups in total. The summed E-state index contributed by atoms with van der Waals surface area (Å²) in [6.45, 7) is 8.03. The molecule has 2 bridgehead atoms. The minimum absolute atomic E-state index is 0.360. The zero-order valence-electron chi connectivity index (χ0n) is 21.2. The van der Waals surface area contributed by atoms with E-state index in [9.17, 15) is 39.6 Å². The van der Waals surface area contributed by atoms with Gasteiger partial charge in [0.05, 0.1) is 0 Å². The van der Waals surface area contributed by atoms with Gasteiger partial charge >= 0.3 is 0 Å². The fourth-order valence-corrected chi connectivity index (χ4v) is 6.42. The lowest BCUT2D eigenvalue weighted by atomic mass is 9.32. The maximum atomic E-state index is 14.0. The van der Waals surface area contributed by atoms with E-state index in [4.69, 9.17) is 0 Å². The average Bonchev–Trinajstić information content (AvgIpc) is 2.81. The third-order valence-corrected chi connectivity index (χ3v) is 8.03. The van der Waals surface area contributed by atoms with Crippen molar-refractivity contribution in [2.75, 3.05) is 0 Å². The van der Waals surface area contributed by atoms with E-state index >= 15 is 0 Å². The minimum atomic E-state index is -2.49. The molecule has 0 aromatic carbocycles. The van der Waals surface area contributed by atoms with Crippen LogP contribution < -0.4 is 0 Å². The Hall–Kier alpha value is -3.36. The second-order valence-electron chi connectivity index (χ2n) is 10.1. The highest BCUT2D eigenvalue weighted by Crippen LogP contribution is 2.70. The lowest BCUT2D eigenvalue weighted by Gasteiger charge is -2.66. The maximum absolute atomic E-state index is 14.0. The van der Waals surface area contributed by atoms with Crippen molar-refractivity contribution in [2.45, 2.75) is 52.7 Å². The van der Waals surface area contributed by atoms with Crippen molar-refractivity contribution in [3.63, 3.8) is 0 Å². The number of aliphatic hydroxyl groups excluding tert-OH is 2. The lowest BCUT2D eigenvalue weighted by Crippen LogP contribution is -2.82. The summed E-state index contributed by atoms with van der Waals surface area (Å²) in [6.07, 6.45) is 11.4. The van der Waals surface area contributed by atoms with Gasteiger partial charge in [0.2, 0.25) is 0 Å². The average molecular weight is 497 g/mol. The van der Waals surface area contributed by atoms with Crippen molar-refractivity contribution in [3.8, 4) is 0 Å². The normalized spacial score (nSPS) is 40.4. The van der Waals surface area contributed by atoms with Crippen LogP contribution in [-0.4, -0.2) is 54.8 Å². The number of hydrogen-bond donors (Lipinski definition) is 4.